The van der Waals surface area contributed by atoms with Gasteiger partial charge in [-0.15, -0.1) is 0 Å². The lowest BCUT2D eigenvalue weighted by Crippen LogP contribution is -2.42. The van der Waals surface area contributed by atoms with Crippen LogP contribution in [0, 0.1) is 6.92 Å². The summed E-state index contributed by atoms with van der Waals surface area (Å²) >= 11 is 0. The first-order chi connectivity index (χ1) is 12.3. The highest BCUT2D eigenvalue weighted by molar-refractivity contribution is 7.89. The van der Waals surface area contributed by atoms with Crippen LogP contribution in [-0.2, 0) is 24.3 Å². The maximum absolute atomic E-state index is 13.0. The molecule has 1 aromatic rings. The number of carbonyl (C=O) groups is 2. The fourth-order valence-electron chi connectivity index (χ4n) is 3.32. The fourth-order valence-corrected chi connectivity index (χ4v) is 5.05. The van der Waals surface area contributed by atoms with Crippen molar-refractivity contribution in [3.05, 3.63) is 29.3 Å². The van der Waals surface area contributed by atoms with Gasteiger partial charge in [0.15, 0.2) is 0 Å². The number of cyclic esters (lactones) is 1. The number of ether oxygens (including phenoxy) is 2. The lowest BCUT2D eigenvalue weighted by atomic mass is 10.1. The molecular weight excluding hydrogens is 358 g/mol. The fraction of sp³-hybridized carbons (Fsp3) is 0.556. The zero-order valence-corrected chi connectivity index (χ0v) is 15.8. The maximum Gasteiger partial charge on any atom is 0.347 e. The number of sulfonamides is 1. The number of hydrogen-bond acceptors (Lipinski definition) is 6. The number of carbonyl (C=O) groups excluding carboxylic acids is 2. The molecule has 2 aliphatic rings. The highest BCUT2D eigenvalue weighted by Crippen LogP contribution is 2.27. The van der Waals surface area contributed by atoms with Crippen LogP contribution in [0.5, 0.6) is 0 Å². The summed E-state index contributed by atoms with van der Waals surface area (Å²) in [6.07, 6.45) is 2.05. The van der Waals surface area contributed by atoms with Gasteiger partial charge in [-0.2, -0.15) is 4.31 Å². The van der Waals surface area contributed by atoms with E-state index in [-0.39, 0.29) is 23.1 Å². The van der Waals surface area contributed by atoms with Crippen molar-refractivity contribution in [3.8, 4) is 0 Å². The molecule has 26 heavy (non-hydrogen) atoms. The van der Waals surface area contributed by atoms with E-state index in [4.69, 9.17) is 9.47 Å². The molecule has 0 aliphatic carbocycles. The van der Waals surface area contributed by atoms with Crippen LogP contribution in [0.4, 0.5) is 0 Å². The Morgan fingerprint density at radius 2 is 2.04 bits per heavy atom. The third kappa shape index (κ3) is 3.61. The molecule has 142 valence electrons. The van der Waals surface area contributed by atoms with E-state index in [0.29, 0.717) is 18.5 Å². The molecule has 0 aromatic heterocycles. The summed E-state index contributed by atoms with van der Waals surface area (Å²) in [5, 5.41) is 0. The van der Waals surface area contributed by atoms with Gasteiger partial charge in [0.05, 0.1) is 17.1 Å². The molecule has 2 aliphatic heterocycles. The molecule has 2 fully saturated rings. The minimum Gasteiger partial charge on any atom is -0.463 e. The lowest BCUT2D eigenvalue weighted by molar-refractivity contribution is -0.145. The maximum atomic E-state index is 13.0. The van der Waals surface area contributed by atoms with Gasteiger partial charge < -0.3 is 9.47 Å². The van der Waals surface area contributed by atoms with Gasteiger partial charge in [0.1, 0.15) is 0 Å². The van der Waals surface area contributed by atoms with Gasteiger partial charge in [-0.05, 0) is 44.4 Å². The Labute approximate surface area is 153 Å². The van der Waals surface area contributed by atoms with Crippen LogP contribution < -0.4 is 0 Å². The number of rotatable bonds is 4. The van der Waals surface area contributed by atoms with Crippen LogP contribution in [0.1, 0.15) is 48.5 Å². The molecule has 0 N–H and O–H groups in total. The van der Waals surface area contributed by atoms with Crippen molar-refractivity contribution in [1.29, 1.82) is 0 Å². The number of piperidine rings is 1. The predicted molar refractivity (Wildman–Crippen MR) is 93.2 cm³/mol. The van der Waals surface area contributed by atoms with Crippen molar-refractivity contribution in [2.45, 2.75) is 56.6 Å². The van der Waals surface area contributed by atoms with Gasteiger partial charge in [0.2, 0.25) is 16.1 Å². The molecule has 7 nitrogen and oxygen atoms in total. The smallest absolute Gasteiger partial charge is 0.347 e. The SMILES string of the molecule is Cc1ccc(S(=O)(=O)N2CCCC[C@H]2C)cc1C(=O)O[C@@H]1CCOC1=O. The summed E-state index contributed by atoms with van der Waals surface area (Å²) in [5.74, 6) is -1.28. The second kappa shape index (κ2) is 7.36. The van der Waals surface area contributed by atoms with E-state index in [1.807, 2.05) is 6.92 Å². The first kappa shape index (κ1) is 18.8. The molecule has 0 saturated carbocycles. The van der Waals surface area contributed by atoms with Gasteiger partial charge in [-0.1, -0.05) is 12.5 Å². The molecule has 3 rings (SSSR count). The van der Waals surface area contributed by atoms with Crippen molar-refractivity contribution >= 4 is 22.0 Å². The molecule has 8 heteroatoms. The van der Waals surface area contributed by atoms with Crippen LogP contribution in [-0.4, -0.2) is 50.0 Å². The Morgan fingerprint density at radius 3 is 2.69 bits per heavy atom. The zero-order valence-electron chi connectivity index (χ0n) is 14.9. The molecule has 2 saturated heterocycles. The third-order valence-electron chi connectivity index (χ3n) is 4.91. The number of hydrogen-bond donors (Lipinski definition) is 0. The van der Waals surface area contributed by atoms with Crippen LogP contribution in [0.2, 0.25) is 0 Å². The summed E-state index contributed by atoms with van der Waals surface area (Å²) < 4.78 is 37.4. The van der Waals surface area contributed by atoms with Crippen LogP contribution in [0.25, 0.3) is 0 Å². The summed E-state index contributed by atoms with van der Waals surface area (Å²) in [5.41, 5.74) is 0.738. The van der Waals surface area contributed by atoms with Gasteiger partial charge in [-0.25, -0.2) is 18.0 Å². The summed E-state index contributed by atoms with van der Waals surface area (Å²) in [6, 6.07) is 4.37. The third-order valence-corrected chi connectivity index (χ3v) is 6.92. The lowest BCUT2D eigenvalue weighted by Gasteiger charge is -2.32. The first-order valence-electron chi connectivity index (χ1n) is 8.81. The molecular formula is C18H23NO6S. The first-order valence-corrected chi connectivity index (χ1v) is 10.2. The Bertz CT molecular complexity index is 819. The largest absolute Gasteiger partial charge is 0.463 e. The molecule has 0 amide bonds. The quantitative estimate of drug-likeness (QED) is 0.742. The number of benzene rings is 1. The monoisotopic (exact) mass is 381 g/mol. The standard InChI is InChI=1S/C18H23NO6S/c1-12-6-7-14(26(22,23)19-9-4-3-5-13(19)2)11-15(12)17(20)25-16-8-10-24-18(16)21/h6-7,11,13,16H,3-5,8-10H2,1-2H3/t13-,16-/m1/s1. The average molecular weight is 381 g/mol. The van der Waals surface area contributed by atoms with Crippen molar-refractivity contribution in [3.63, 3.8) is 0 Å². The molecule has 0 spiro atoms. The second-order valence-corrected chi connectivity index (χ2v) is 8.68. The Balaban J connectivity index is 1.87. The number of nitrogens with zero attached hydrogens (tertiary/aromatic N) is 1. The highest BCUT2D eigenvalue weighted by atomic mass is 32.2. The number of aryl methyl sites for hydroxylation is 1. The molecule has 0 bridgehead atoms. The normalized spacial score (nSPS) is 24.3. The van der Waals surface area contributed by atoms with Crippen molar-refractivity contribution in [2.75, 3.05) is 13.2 Å². The van der Waals surface area contributed by atoms with Crippen molar-refractivity contribution in [2.24, 2.45) is 0 Å². The van der Waals surface area contributed by atoms with E-state index in [2.05, 4.69) is 0 Å². The van der Waals surface area contributed by atoms with Crippen molar-refractivity contribution in [1.82, 2.24) is 4.31 Å². The van der Waals surface area contributed by atoms with Gasteiger partial charge in [-0.3, -0.25) is 0 Å². The van der Waals surface area contributed by atoms with Gasteiger partial charge in [0, 0.05) is 19.0 Å². The average Bonchev–Trinajstić information content (AvgIpc) is 3.00. The van der Waals surface area contributed by atoms with E-state index in [9.17, 15) is 18.0 Å². The predicted octanol–water partition coefficient (Wildman–Crippen LogP) is 2.03. The summed E-state index contributed by atoms with van der Waals surface area (Å²) in [6.45, 7) is 4.29. The van der Waals surface area contributed by atoms with Crippen LogP contribution in [0.3, 0.4) is 0 Å². The molecule has 1 aromatic carbocycles. The van der Waals surface area contributed by atoms with Crippen LogP contribution in [0.15, 0.2) is 23.1 Å². The second-order valence-electron chi connectivity index (χ2n) is 6.79. The summed E-state index contributed by atoms with van der Waals surface area (Å²) in [4.78, 5) is 24.0. The minimum atomic E-state index is -3.69. The summed E-state index contributed by atoms with van der Waals surface area (Å²) in [7, 11) is -3.69. The van der Waals surface area contributed by atoms with Gasteiger partial charge >= 0.3 is 11.9 Å². The number of esters is 2. The molecule has 2 atom stereocenters. The molecule has 0 unspecified atom stereocenters. The Morgan fingerprint density at radius 1 is 1.27 bits per heavy atom. The topological polar surface area (TPSA) is 90.0 Å². The van der Waals surface area contributed by atoms with Crippen LogP contribution >= 0.6 is 0 Å². The van der Waals surface area contributed by atoms with Crippen molar-refractivity contribution < 1.29 is 27.5 Å². The Hall–Kier alpha value is -1.93. The van der Waals surface area contributed by atoms with E-state index in [1.165, 1.54) is 16.4 Å². The van der Waals surface area contributed by atoms with E-state index >= 15 is 0 Å². The molecule has 0 radical (unpaired) electrons. The van der Waals surface area contributed by atoms with Gasteiger partial charge in [0.25, 0.3) is 0 Å². The minimum absolute atomic E-state index is 0.0674. The van der Waals surface area contributed by atoms with E-state index < -0.39 is 28.1 Å². The van der Waals surface area contributed by atoms with E-state index in [1.54, 1.807) is 13.0 Å². The molecule has 2 heterocycles. The van der Waals surface area contributed by atoms with E-state index in [0.717, 1.165) is 19.3 Å². The highest BCUT2D eigenvalue weighted by Gasteiger charge is 2.33. The zero-order chi connectivity index (χ0) is 18.9. The Kier molecular flexibility index (Phi) is 5.34.